The van der Waals surface area contributed by atoms with Gasteiger partial charge in [-0.15, -0.1) is 5.10 Å². The summed E-state index contributed by atoms with van der Waals surface area (Å²) in [6.07, 6.45) is 2.04. The molecule has 0 radical (unpaired) electrons. The molecule has 10 nitrogen and oxygen atoms in total. The predicted molar refractivity (Wildman–Crippen MR) is 135 cm³/mol. The molecule has 2 amide bonds. The molecule has 0 aliphatic carbocycles. The Morgan fingerprint density at radius 3 is 2.69 bits per heavy atom. The number of piperidine rings is 1. The summed E-state index contributed by atoms with van der Waals surface area (Å²) >= 11 is 5.29. The number of hydrogen-bond donors (Lipinski definition) is 2. The van der Waals surface area contributed by atoms with Gasteiger partial charge in [-0.2, -0.15) is 0 Å². The fourth-order valence-electron chi connectivity index (χ4n) is 4.44. The average molecular weight is 519 g/mol. The molecule has 1 fully saturated rings. The maximum Gasteiger partial charge on any atom is 0.410 e. The number of H-pyrrole nitrogens is 1. The van der Waals surface area contributed by atoms with E-state index in [0.717, 1.165) is 12.8 Å². The summed E-state index contributed by atoms with van der Waals surface area (Å²) in [7, 11) is 0. The van der Waals surface area contributed by atoms with Crippen LogP contribution in [0.4, 0.5) is 9.18 Å². The molecule has 1 aliphatic heterocycles. The number of likely N-dealkylation sites (tertiary alicyclic amines) is 1. The van der Waals surface area contributed by atoms with Crippen LogP contribution < -0.4 is 10.9 Å². The third kappa shape index (κ3) is 5.75. The zero-order valence-corrected chi connectivity index (χ0v) is 21.5. The highest BCUT2D eigenvalue weighted by atomic mass is 32.1. The first-order valence-corrected chi connectivity index (χ1v) is 12.5. The first kappa shape index (κ1) is 25.8. The highest BCUT2D eigenvalue weighted by Gasteiger charge is 2.27. The Morgan fingerprint density at radius 1 is 1.28 bits per heavy atom. The Hall–Kier alpha value is -3.28. The van der Waals surface area contributed by atoms with Crippen molar-refractivity contribution >= 4 is 40.9 Å². The molecule has 12 heteroatoms. The molecule has 3 aromatic rings. The smallest absolute Gasteiger partial charge is 0.410 e. The fourth-order valence-corrected chi connectivity index (χ4v) is 4.67. The van der Waals surface area contributed by atoms with E-state index in [1.54, 1.807) is 9.30 Å². The predicted octanol–water partition coefficient (Wildman–Crippen LogP) is 3.39. The van der Waals surface area contributed by atoms with Crippen LogP contribution in [-0.4, -0.2) is 61.3 Å². The van der Waals surface area contributed by atoms with Gasteiger partial charge in [-0.3, -0.25) is 18.6 Å². The number of amides is 2. The minimum Gasteiger partial charge on any atom is -0.444 e. The topological polar surface area (TPSA) is 114 Å². The molecular formula is C24H31FN6O4S. The number of carbonyl (C=O) groups is 2. The summed E-state index contributed by atoms with van der Waals surface area (Å²) < 4.78 is 22.6. The number of hydrogen-bond acceptors (Lipinski definition) is 6. The van der Waals surface area contributed by atoms with Crippen molar-refractivity contribution in [1.29, 1.82) is 0 Å². The molecule has 0 spiro atoms. The molecular weight excluding hydrogens is 487 g/mol. The van der Waals surface area contributed by atoms with E-state index in [4.69, 9.17) is 17.0 Å². The summed E-state index contributed by atoms with van der Waals surface area (Å²) in [4.78, 5) is 39.4. The van der Waals surface area contributed by atoms with E-state index in [1.807, 2.05) is 20.8 Å². The van der Waals surface area contributed by atoms with Crippen LogP contribution in [0.1, 0.15) is 46.5 Å². The second-order valence-corrected chi connectivity index (χ2v) is 10.5. The van der Waals surface area contributed by atoms with Crippen LogP contribution in [-0.2, 0) is 16.1 Å². The maximum atomic E-state index is 13.8. The number of benzene rings is 1. The van der Waals surface area contributed by atoms with Gasteiger partial charge in [0.1, 0.15) is 11.4 Å². The molecule has 0 unspecified atom stereocenters. The highest BCUT2D eigenvalue weighted by Crippen LogP contribution is 2.22. The van der Waals surface area contributed by atoms with Gasteiger partial charge in [0.05, 0.1) is 10.9 Å². The summed E-state index contributed by atoms with van der Waals surface area (Å²) in [5.74, 6) is -0.0325. The largest absolute Gasteiger partial charge is 0.444 e. The quantitative estimate of drug-likeness (QED) is 0.382. The van der Waals surface area contributed by atoms with E-state index in [-0.39, 0.29) is 35.4 Å². The van der Waals surface area contributed by atoms with E-state index < -0.39 is 11.4 Å². The Labute approximate surface area is 212 Å². The Balaban J connectivity index is 1.30. The number of aromatic nitrogens is 4. The number of aryl methyl sites for hydroxylation is 1. The number of fused-ring (bicyclic) bond motifs is 3. The van der Waals surface area contributed by atoms with Crippen molar-refractivity contribution in [2.45, 2.75) is 58.6 Å². The van der Waals surface area contributed by atoms with Crippen molar-refractivity contribution < 1.29 is 18.7 Å². The summed E-state index contributed by atoms with van der Waals surface area (Å²) in [5, 5.41) is 9.98. The van der Waals surface area contributed by atoms with Gasteiger partial charge in [0.2, 0.25) is 16.5 Å². The normalized spacial score (nSPS) is 14.9. The van der Waals surface area contributed by atoms with Crippen LogP contribution in [0, 0.1) is 16.5 Å². The number of halogens is 1. The first-order valence-electron chi connectivity index (χ1n) is 12.1. The number of aromatic amines is 1. The molecule has 0 atom stereocenters. The molecule has 1 saturated heterocycles. The third-order valence-corrected chi connectivity index (χ3v) is 6.47. The van der Waals surface area contributed by atoms with Gasteiger partial charge < -0.3 is 15.0 Å². The first-order chi connectivity index (χ1) is 17.0. The molecule has 2 N–H and O–H groups in total. The van der Waals surface area contributed by atoms with Gasteiger partial charge in [0.25, 0.3) is 5.56 Å². The van der Waals surface area contributed by atoms with Gasteiger partial charge in [-0.1, -0.05) is 0 Å². The number of nitrogens with zero attached hydrogens (tertiary/aromatic N) is 4. The van der Waals surface area contributed by atoms with Gasteiger partial charge in [0.15, 0.2) is 0 Å². The zero-order chi connectivity index (χ0) is 26.0. The van der Waals surface area contributed by atoms with Crippen LogP contribution in [0.3, 0.4) is 0 Å². The van der Waals surface area contributed by atoms with Crippen LogP contribution in [0.5, 0.6) is 0 Å². The molecule has 194 valence electrons. The molecule has 1 aromatic carbocycles. The zero-order valence-electron chi connectivity index (χ0n) is 20.7. The lowest BCUT2D eigenvalue weighted by molar-refractivity contribution is -0.122. The van der Waals surface area contributed by atoms with E-state index >= 15 is 0 Å². The Kier molecular flexibility index (Phi) is 7.43. The van der Waals surface area contributed by atoms with E-state index in [0.29, 0.717) is 48.5 Å². The summed E-state index contributed by atoms with van der Waals surface area (Å²) in [5.41, 5.74) is -0.413. The monoisotopic (exact) mass is 518 g/mol. The molecule has 1 aliphatic rings. The van der Waals surface area contributed by atoms with E-state index in [9.17, 15) is 18.8 Å². The number of ether oxygens (including phenoxy) is 1. The lowest BCUT2D eigenvalue weighted by atomic mass is 9.93. The standard InChI is InChI=1S/C24H31FN6O4S/c1-24(2,3)35-23(34)29-11-7-15(8-12-29)13-19(32)26-9-4-10-30-20(33)17-14-16(25)5-6-18(17)31-21(30)27-28-22(31)36/h5-6,14-15H,4,7-13H2,1-3H3,(H,26,32)(H,28,36). The molecule has 4 rings (SSSR count). The van der Waals surface area contributed by atoms with Crippen molar-refractivity contribution in [1.82, 2.24) is 29.4 Å². The van der Waals surface area contributed by atoms with Crippen molar-refractivity contribution in [3.05, 3.63) is 39.1 Å². The van der Waals surface area contributed by atoms with Crippen molar-refractivity contribution in [2.75, 3.05) is 19.6 Å². The minimum absolute atomic E-state index is 0.0641. The third-order valence-electron chi connectivity index (χ3n) is 6.19. The SMILES string of the molecule is CC(C)(C)OC(=O)N1CCC(CC(=O)NCCCn2c(=O)c3cc(F)ccc3n3c(=S)[nH]nc23)CC1. The van der Waals surface area contributed by atoms with Crippen molar-refractivity contribution in [2.24, 2.45) is 5.92 Å². The maximum absolute atomic E-state index is 13.8. The van der Waals surface area contributed by atoms with Crippen LogP contribution in [0.25, 0.3) is 16.7 Å². The number of carbonyl (C=O) groups excluding carboxylic acids is 2. The summed E-state index contributed by atoms with van der Waals surface area (Å²) in [6, 6.07) is 3.97. The minimum atomic E-state index is -0.530. The van der Waals surface area contributed by atoms with E-state index in [1.165, 1.54) is 22.8 Å². The lowest BCUT2D eigenvalue weighted by Gasteiger charge is -2.33. The molecule has 0 saturated carbocycles. The number of rotatable bonds is 6. The van der Waals surface area contributed by atoms with Crippen molar-refractivity contribution in [3.8, 4) is 0 Å². The van der Waals surface area contributed by atoms with Crippen LogP contribution in [0.2, 0.25) is 0 Å². The molecule has 3 heterocycles. The molecule has 0 bridgehead atoms. The van der Waals surface area contributed by atoms with Gasteiger partial charge >= 0.3 is 6.09 Å². The van der Waals surface area contributed by atoms with E-state index in [2.05, 4.69) is 15.5 Å². The Morgan fingerprint density at radius 2 is 2.00 bits per heavy atom. The van der Waals surface area contributed by atoms with Crippen molar-refractivity contribution in [3.63, 3.8) is 0 Å². The molecule has 2 aromatic heterocycles. The fraction of sp³-hybridized carbons (Fsp3) is 0.542. The van der Waals surface area contributed by atoms with Gasteiger partial charge in [0, 0.05) is 32.6 Å². The van der Waals surface area contributed by atoms with Gasteiger partial charge in [-0.25, -0.2) is 14.3 Å². The summed E-state index contributed by atoms with van der Waals surface area (Å²) in [6.45, 7) is 7.31. The van der Waals surface area contributed by atoms with Crippen LogP contribution >= 0.6 is 12.2 Å². The average Bonchev–Trinajstić information content (AvgIpc) is 3.19. The van der Waals surface area contributed by atoms with Crippen LogP contribution in [0.15, 0.2) is 23.0 Å². The second kappa shape index (κ2) is 10.4. The Bertz CT molecular complexity index is 1400. The lowest BCUT2D eigenvalue weighted by Crippen LogP contribution is -2.42. The second-order valence-electron chi connectivity index (χ2n) is 10.1. The number of nitrogens with one attached hydrogen (secondary N) is 2. The molecule has 36 heavy (non-hydrogen) atoms. The van der Waals surface area contributed by atoms with Gasteiger partial charge in [-0.05, 0) is 76.4 Å². The highest BCUT2D eigenvalue weighted by molar-refractivity contribution is 7.71.